The van der Waals surface area contributed by atoms with Gasteiger partial charge in [0.1, 0.15) is 0 Å². The molecule has 5 heteroatoms. The zero-order valence-corrected chi connectivity index (χ0v) is 8.81. The molecule has 2 rings (SSSR count). The predicted octanol–water partition coefficient (Wildman–Crippen LogP) is 3.10. The van der Waals surface area contributed by atoms with Gasteiger partial charge in [0.25, 0.3) is 0 Å². The van der Waals surface area contributed by atoms with E-state index in [1.807, 2.05) is 17.7 Å². The molecule has 0 unspecified atom stereocenters. The first-order valence-electron chi connectivity index (χ1n) is 5.06. The molecule has 1 aromatic heterocycles. The lowest BCUT2D eigenvalue weighted by Crippen LogP contribution is -1.96. The maximum Gasteiger partial charge on any atom is 0.306 e. The van der Waals surface area contributed by atoms with Crippen LogP contribution < -0.4 is 0 Å². The number of hydrogen-bond donors (Lipinski definition) is 0. The molecule has 2 aromatic rings. The van der Waals surface area contributed by atoms with Gasteiger partial charge >= 0.3 is 5.69 Å². The Kier molecular flexibility index (Phi) is 2.60. The second kappa shape index (κ2) is 3.92. The van der Waals surface area contributed by atoms with Gasteiger partial charge < -0.3 is 4.57 Å². The van der Waals surface area contributed by atoms with Crippen LogP contribution in [-0.4, -0.2) is 9.49 Å². The molecule has 0 N–H and O–H groups in total. The Morgan fingerprint density at radius 1 is 1.50 bits per heavy atom. The maximum atomic E-state index is 13.3. The van der Waals surface area contributed by atoms with E-state index in [0.717, 1.165) is 13.0 Å². The number of nitrogens with zero attached hydrogens (tertiary/aromatic N) is 2. The van der Waals surface area contributed by atoms with Gasteiger partial charge in [0.2, 0.25) is 5.82 Å². The number of hydrogen-bond acceptors (Lipinski definition) is 2. The third-order valence-electron chi connectivity index (χ3n) is 2.50. The van der Waals surface area contributed by atoms with Crippen molar-refractivity contribution in [1.29, 1.82) is 0 Å². The minimum Gasteiger partial charge on any atom is -0.347 e. The summed E-state index contributed by atoms with van der Waals surface area (Å²) in [6.45, 7) is 2.79. The van der Waals surface area contributed by atoms with Crippen molar-refractivity contribution in [2.75, 3.05) is 0 Å². The first-order valence-corrected chi connectivity index (χ1v) is 5.06. The summed E-state index contributed by atoms with van der Waals surface area (Å²) in [6.07, 6.45) is 2.74. The van der Waals surface area contributed by atoms with E-state index in [0.29, 0.717) is 10.9 Å². The highest BCUT2D eigenvalue weighted by Crippen LogP contribution is 2.25. The number of nitro benzene ring substituents is 1. The van der Waals surface area contributed by atoms with Crippen LogP contribution in [0.4, 0.5) is 10.1 Å². The van der Waals surface area contributed by atoms with Crippen molar-refractivity contribution in [3.8, 4) is 0 Å². The van der Waals surface area contributed by atoms with Crippen LogP contribution in [0.1, 0.15) is 13.3 Å². The fourth-order valence-electron chi connectivity index (χ4n) is 1.77. The van der Waals surface area contributed by atoms with Crippen LogP contribution in [0.2, 0.25) is 0 Å². The van der Waals surface area contributed by atoms with E-state index in [9.17, 15) is 14.5 Å². The average molecular weight is 222 g/mol. The topological polar surface area (TPSA) is 48.1 Å². The van der Waals surface area contributed by atoms with Crippen molar-refractivity contribution in [1.82, 2.24) is 4.57 Å². The Balaban J connectivity index is 2.64. The van der Waals surface area contributed by atoms with E-state index in [4.69, 9.17) is 0 Å². The van der Waals surface area contributed by atoms with Crippen LogP contribution in [0, 0.1) is 15.9 Å². The molecular formula is C11H11FN2O2. The van der Waals surface area contributed by atoms with Crippen molar-refractivity contribution in [3.05, 3.63) is 40.3 Å². The first kappa shape index (κ1) is 10.6. The monoisotopic (exact) mass is 222 g/mol. The van der Waals surface area contributed by atoms with E-state index >= 15 is 0 Å². The van der Waals surface area contributed by atoms with Gasteiger partial charge in [-0.15, -0.1) is 0 Å². The fraction of sp³-hybridized carbons (Fsp3) is 0.273. The zero-order chi connectivity index (χ0) is 11.7. The molecule has 0 radical (unpaired) electrons. The third-order valence-corrected chi connectivity index (χ3v) is 2.50. The van der Waals surface area contributed by atoms with Crippen molar-refractivity contribution < 1.29 is 9.31 Å². The maximum absolute atomic E-state index is 13.3. The summed E-state index contributed by atoms with van der Waals surface area (Å²) in [5.41, 5.74) is 0.235. The Bertz CT molecular complexity index is 548. The molecule has 0 fully saturated rings. The number of halogens is 1. The van der Waals surface area contributed by atoms with E-state index in [1.165, 1.54) is 12.1 Å². The molecule has 0 saturated heterocycles. The normalized spacial score (nSPS) is 10.9. The Labute approximate surface area is 91.4 Å². The highest BCUT2D eigenvalue weighted by Gasteiger charge is 2.16. The summed E-state index contributed by atoms with van der Waals surface area (Å²) < 4.78 is 15.2. The smallest absolute Gasteiger partial charge is 0.306 e. The number of fused-ring (bicyclic) bond motifs is 1. The largest absolute Gasteiger partial charge is 0.347 e. The molecule has 0 atom stereocenters. The number of rotatable bonds is 3. The average Bonchev–Trinajstić information content (AvgIpc) is 2.60. The van der Waals surface area contributed by atoms with Crippen LogP contribution >= 0.6 is 0 Å². The Morgan fingerprint density at radius 3 is 2.88 bits per heavy atom. The summed E-state index contributed by atoms with van der Waals surface area (Å²) in [5, 5.41) is 11.3. The van der Waals surface area contributed by atoms with E-state index < -0.39 is 16.4 Å². The van der Waals surface area contributed by atoms with Crippen molar-refractivity contribution in [2.24, 2.45) is 0 Å². The van der Waals surface area contributed by atoms with Crippen LogP contribution in [-0.2, 0) is 6.54 Å². The standard InChI is InChI=1S/C11H11FN2O2/c1-2-4-13-5-3-8-6-9(12)11(14(15)16)7-10(8)13/h3,5-7H,2,4H2,1H3. The molecule has 4 nitrogen and oxygen atoms in total. The number of aryl methyl sites for hydroxylation is 1. The lowest BCUT2D eigenvalue weighted by Gasteiger charge is -2.02. The zero-order valence-electron chi connectivity index (χ0n) is 8.81. The van der Waals surface area contributed by atoms with Crippen LogP contribution in [0.15, 0.2) is 24.4 Å². The molecule has 0 amide bonds. The van der Waals surface area contributed by atoms with Crippen LogP contribution in [0.3, 0.4) is 0 Å². The summed E-state index contributed by atoms with van der Waals surface area (Å²) in [4.78, 5) is 9.92. The van der Waals surface area contributed by atoms with Gasteiger partial charge in [-0.25, -0.2) is 0 Å². The number of aromatic nitrogens is 1. The summed E-state index contributed by atoms with van der Waals surface area (Å²) in [6, 6.07) is 4.26. The molecule has 0 bridgehead atoms. The van der Waals surface area contributed by atoms with Crippen molar-refractivity contribution in [2.45, 2.75) is 19.9 Å². The van der Waals surface area contributed by atoms with Gasteiger partial charge in [-0.1, -0.05) is 6.92 Å². The summed E-state index contributed by atoms with van der Waals surface area (Å²) in [7, 11) is 0. The van der Waals surface area contributed by atoms with Crippen molar-refractivity contribution >= 4 is 16.6 Å². The van der Waals surface area contributed by atoms with Gasteiger partial charge in [0.05, 0.1) is 10.4 Å². The van der Waals surface area contributed by atoms with Gasteiger partial charge in [-0.3, -0.25) is 10.1 Å². The lowest BCUT2D eigenvalue weighted by molar-refractivity contribution is -0.387. The van der Waals surface area contributed by atoms with E-state index in [1.54, 1.807) is 6.07 Å². The molecule has 0 aliphatic heterocycles. The predicted molar refractivity (Wildman–Crippen MR) is 58.8 cm³/mol. The minimum absolute atomic E-state index is 0.469. The highest BCUT2D eigenvalue weighted by atomic mass is 19.1. The highest BCUT2D eigenvalue weighted by molar-refractivity contribution is 5.82. The van der Waals surface area contributed by atoms with E-state index in [2.05, 4.69) is 0 Å². The molecule has 0 spiro atoms. The SMILES string of the molecule is CCCn1ccc2cc(F)c([N+](=O)[O-])cc21. The Hall–Kier alpha value is -1.91. The number of benzene rings is 1. The second-order valence-corrected chi connectivity index (χ2v) is 3.63. The summed E-state index contributed by atoms with van der Waals surface area (Å²) in [5.74, 6) is -0.785. The molecule has 84 valence electrons. The molecule has 0 aliphatic rings. The van der Waals surface area contributed by atoms with Gasteiger partial charge in [0, 0.05) is 24.2 Å². The minimum atomic E-state index is -0.785. The number of nitro groups is 1. The summed E-state index contributed by atoms with van der Waals surface area (Å²) >= 11 is 0. The van der Waals surface area contributed by atoms with Crippen LogP contribution in [0.5, 0.6) is 0 Å². The molecular weight excluding hydrogens is 211 g/mol. The van der Waals surface area contributed by atoms with Gasteiger partial charge in [-0.2, -0.15) is 4.39 Å². The second-order valence-electron chi connectivity index (χ2n) is 3.63. The molecule has 0 aliphatic carbocycles. The quantitative estimate of drug-likeness (QED) is 0.591. The lowest BCUT2D eigenvalue weighted by atomic mass is 10.2. The fourth-order valence-corrected chi connectivity index (χ4v) is 1.77. The molecule has 1 heterocycles. The van der Waals surface area contributed by atoms with Gasteiger partial charge in [0.15, 0.2) is 0 Å². The molecule has 1 aromatic carbocycles. The van der Waals surface area contributed by atoms with Crippen molar-refractivity contribution in [3.63, 3.8) is 0 Å². The van der Waals surface area contributed by atoms with Crippen LogP contribution in [0.25, 0.3) is 10.9 Å². The Morgan fingerprint density at radius 2 is 2.25 bits per heavy atom. The van der Waals surface area contributed by atoms with Gasteiger partial charge in [-0.05, 0) is 18.6 Å². The van der Waals surface area contributed by atoms with E-state index in [-0.39, 0.29) is 0 Å². The first-order chi connectivity index (χ1) is 7.63. The molecule has 16 heavy (non-hydrogen) atoms. The third kappa shape index (κ3) is 1.64. The molecule has 0 saturated carbocycles.